The number of benzene rings is 2. The summed E-state index contributed by atoms with van der Waals surface area (Å²) in [6.07, 6.45) is 1.41. The molecule has 0 saturated heterocycles. The molecule has 2 N–H and O–H groups in total. The lowest BCUT2D eigenvalue weighted by Gasteiger charge is -2.01. The molecule has 0 aliphatic rings. The van der Waals surface area contributed by atoms with Crippen LogP contribution in [0.2, 0.25) is 0 Å². The second-order valence-electron chi connectivity index (χ2n) is 4.13. The van der Waals surface area contributed by atoms with Crippen LogP contribution in [0.25, 0.3) is 0 Å². The third-order valence-electron chi connectivity index (χ3n) is 2.59. The predicted molar refractivity (Wildman–Crippen MR) is 74.3 cm³/mol. The molecule has 2 rings (SSSR count). The minimum absolute atomic E-state index is 0.121. The number of carbonyl (C=O) groups is 1. The van der Waals surface area contributed by atoms with E-state index in [0.29, 0.717) is 11.1 Å². The largest absolute Gasteiger partial charge is 0.507 e. The summed E-state index contributed by atoms with van der Waals surface area (Å²) in [4.78, 5) is 11.8. The maximum absolute atomic E-state index is 11.8. The van der Waals surface area contributed by atoms with E-state index in [1.54, 1.807) is 36.4 Å². The molecule has 0 spiro atoms. The Morgan fingerprint density at radius 1 is 1.21 bits per heavy atom. The fraction of sp³-hybridized carbons (Fsp3) is 0.0667. The molecule has 0 atom stereocenters. The highest BCUT2D eigenvalue weighted by Gasteiger charge is 2.03. The van der Waals surface area contributed by atoms with E-state index in [-0.39, 0.29) is 11.7 Å². The number of phenols is 1. The minimum atomic E-state index is -0.282. The lowest BCUT2D eigenvalue weighted by Crippen LogP contribution is -2.17. The van der Waals surface area contributed by atoms with Crippen molar-refractivity contribution in [3.63, 3.8) is 0 Å². The van der Waals surface area contributed by atoms with Crippen molar-refractivity contribution in [2.75, 3.05) is 0 Å². The van der Waals surface area contributed by atoms with Gasteiger partial charge in [-0.2, -0.15) is 5.10 Å². The number of hydrogen-bond donors (Lipinski definition) is 2. The van der Waals surface area contributed by atoms with Crippen molar-refractivity contribution in [2.24, 2.45) is 5.10 Å². The van der Waals surface area contributed by atoms with Gasteiger partial charge >= 0.3 is 0 Å². The average Bonchev–Trinajstić information content (AvgIpc) is 2.41. The van der Waals surface area contributed by atoms with E-state index in [0.717, 1.165) is 5.56 Å². The van der Waals surface area contributed by atoms with Gasteiger partial charge in [0.2, 0.25) is 0 Å². The van der Waals surface area contributed by atoms with Crippen LogP contribution in [0.15, 0.2) is 53.6 Å². The summed E-state index contributed by atoms with van der Waals surface area (Å²) in [7, 11) is 0. The van der Waals surface area contributed by atoms with Gasteiger partial charge in [-0.05, 0) is 31.2 Å². The lowest BCUT2D eigenvalue weighted by atomic mass is 10.1. The first-order chi connectivity index (χ1) is 9.16. The third-order valence-corrected chi connectivity index (χ3v) is 2.59. The van der Waals surface area contributed by atoms with E-state index in [9.17, 15) is 9.90 Å². The van der Waals surface area contributed by atoms with Gasteiger partial charge in [-0.1, -0.05) is 29.8 Å². The van der Waals surface area contributed by atoms with E-state index in [4.69, 9.17) is 0 Å². The Morgan fingerprint density at radius 2 is 2.00 bits per heavy atom. The molecule has 19 heavy (non-hydrogen) atoms. The summed E-state index contributed by atoms with van der Waals surface area (Å²) in [5.74, 6) is -0.161. The zero-order valence-electron chi connectivity index (χ0n) is 10.5. The first-order valence-corrected chi connectivity index (χ1v) is 5.85. The summed E-state index contributed by atoms with van der Waals surface area (Å²) in [6.45, 7) is 1.92. The number of aryl methyl sites for hydroxylation is 1. The van der Waals surface area contributed by atoms with Crippen molar-refractivity contribution in [1.82, 2.24) is 5.43 Å². The van der Waals surface area contributed by atoms with Crippen molar-refractivity contribution in [3.05, 3.63) is 65.2 Å². The van der Waals surface area contributed by atoms with Crippen LogP contribution in [0.3, 0.4) is 0 Å². The van der Waals surface area contributed by atoms with Crippen LogP contribution in [0, 0.1) is 6.92 Å². The number of para-hydroxylation sites is 1. The van der Waals surface area contributed by atoms with Gasteiger partial charge in [-0.25, -0.2) is 5.43 Å². The van der Waals surface area contributed by atoms with Gasteiger partial charge in [0.05, 0.1) is 6.21 Å². The summed E-state index contributed by atoms with van der Waals surface area (Å²) >= 11 is 0. The van der Waals surface area contributed by atoms with Gasteiger partial charge in [0.15, 0.2) is 0 Å². The number of carbonyl (C=O) groups excluding carboxylic acids is 1. The molecule has 0 aliphatic heterocycles. The Labute approximate surface area is 111 Å². The summed E-state index contributed by atoms with van der Waals surface area (Å²) < 4.78 is 0. The number of amides is 1. The molecule has 4 nitrogen and oxygen atoms in total. The fourth-order valence-electron chi connectivity index (χ4n) is 1.61. The van der Waals surface area contributed by atoms with E-state index in [1.807, 2.05) is 19.1 Å². The fourth-order valence-corrected chi connectivity index (χ4v) is 1.61. The van der Waals surface area contributed by atoms with Crippen molar-refractivity contribution < 1.29 is 9.90 Å². The minimum Gasteiger partial charge on any atom is -0.507 e. The average molecular weight is 254 g/mol. The third kappa shape index (κ3) is 3.42. The van der Waals surface area contributed by atoms with Gasteiger partial charge in [-0.3, -0.25) is 4.79 Å². The molecule has 0 aliphatic carbocycles. The number of hydrazone groups is 1. The number of phenolic OH excluding ortho intramolecular Hbond substituents is 1. The zero-order chi connectivity index (χ0) is 13.7. The van der Waals surface area contributed by atoms with Crippen molar-refractivity contribution >= 4 is 12.1 Å². The van der Waals surface area contributed by atoms with Crippen LogP contribution >= 0.6 is 0 Å². The van der Waals surface area contributed by atoms with Crippen LogP contribution in [-0.4, -0.2) is 17.2 Å². The standard InChI is InChI=1S/C15H14N2O2/c1-11-5-4-7-12(9-11)15(19)17-16-10-13-6-2-3-8-14(13)18/h2-10,18H,1H3,(H,17,19). The molecule has 0 heterocycles. The molecule has 2 aromatic carbocycles. The first-order valence-electron chi connectivity index (χ1n) is 5.85. The molecule has 0 bridgehead atoms. The number of nitrogens with one attached hydrogen (secondary N) is 1. The Morgan fingerprint density at radius 3 is 2.74 bits per heavy atom. The molecule has 0 unspecified atom stereocenters. The number of nitrogens with zero attached hydrogens (tertiary/aromatic N) is 1. The van der Waals surface area contributed by atoms with Crippen molar-refractivity contribution in [2.45, 2.75) is 6.92 Å². The molecule has 0 aromatic heterocycles. The van der Waals surface area contributed by atoms with Crippen LogP contribution in [0.4, 0.5) is 0 Å². The van der Waals surface area contributed by atoms with Crippen LogP contribution < -0.4 is 5.43 Å². The summed E-state index contributed by atoms with van der Waals surface area (Å²) in [5.41, 5.74) is 4.53. The van der Waals surface area contributed by atoms with Crippen molar-refractivity contribution in [1.29, 1.82) is 0 Å². The van der Waals surface area contributed by atoms with Crippen LogP contribution in [0.5, 0.6) is 5.75 Å². The molecule has 0 saturated carbocycles. The number of aromatic hydroxyl groups is 1. The Bertz CT molecular complexity index is 621. The first kappa shape index (κ1) is 12.8. The number of hydrogen-bond acceptors (Lipinski definition) is 3. The molecular weight excluding hydrogens is 240 g/mol. The monoisotopic (exact) mass is 254 g/mol. The molecule has 0 fully saturated rings. The van der Waals surface area contributed by atoms with E-state index < -0.39 is 0 Å². The van der Waals surface area contributed by atoms with Crippen molar-refractivity contribution in [3.8, 4) is 5.75 Å². The van der Waals surface area contributed by atoms with Gasteiger partial charge in [0, 0.05) is 11.1 Å². The topological polar surface area (TPSA) is 61.7 Å². The number of rotatable bonds is 3. The zero-order valence-corrected chi connectivity index (χ0v) is 10.5. The second kappa shape index (κ2) is 5.82. The second-order valence-corrected chi connectivity index (χ2v) is 4.13. The van der Waals surface area contributed by atoms with Gasteiger partial charge < -0.3 is 5.11 Å². The molecular formula is C15H14N2O2. The summed E-state index contributed by atoms with van der Waals surface area (Å²) in [5, 5.41) is 13.3. The highest BCUT2D eigenvalue weighted by Crippen LogP contribution is 2.12. The molecule has 96 valence electrons. The maximum Gasteiger partial charge on any atom is 0.271 e. The van der Waals surface area contributed by atoms with Crippen LogP contribution in [-0.2, 0) is 0 Å². The molecule has 4 heteroatoms. The van der Waals surface area contributed by atoms with Gasteiger partial charge in [0.1, 0.15) is 5.75 Å². The lowest BCUT2D eigenvalue weighted by molar-refractivity contribution is 0.0955. The predicted octanol–water partition coefficient (Wildman–Crippen LogP) is 2.46. The van der Waals surface area contributed by atoms with Crippen LogP contribution in [0.1, 0.15) is 21.5 Å². The Kier molecular flexibility index (Phi) is 3.93. The smallest absolute Gasteiger partial charge is 0.271 e. The quantitative estimate of drug-likeness (QED) is 0.653. The highest BCUT2D eigenvalue weighted by molar-refractivity contribution is 5.95. The molecule has 1 amide bonds. The normalized spacial score (nSPS) is 10.6. The van der Waals surface area contributed by atoms with Gasteiger partial charge in [0.25, 0.3) is 5.91 Å². The maximum atomic E-state index is 11.8. The van der Waals surface area contributed by atoms with Gasteiger partial charge in [-0.15, -0.1) is 0 Å². The van der Waals surface area contributed by atoms with E-state index in [1.165, 1.54) is 6.21 Å². The summed E-state index contributed by atoms with van der Waals surface area (Å²) in [6, 6.07) is 14.0. The molecule has 0 radical (unpaired) electrons. The molecule has 2 aromatic rings. The SMILES string of the molecule is Cc1cccc(C(=O)NN=Cc2ccccc2O)c1. The van der Waals surface area contributed by atoms with E-state index >= 15 is 0 Å². The highest BCUT2D eigenvalue weighted by atomic mass is 16.3. The Hall–Kier alpha value is -2.62. The Balaban J connectivity index is 2.03. The van der Waals surface area contributed by atoms with E-state index in [2.05, 4.69) is 10.5 Å².